The first-order chi connectivity index (χ1) is 9.60. The van der Waals surface area contributed by atoms with Crippen LogP contribution in [-0.2, 0) is 9.59 Å². The molecule has 1 aromatic rings. The number of fused-ring (bicyclic) bond motifs is 1. The van der Waals surface area contributed by atoms with Gasteiger partial charge in [0.05, 0.1) is 6.04 Å². The number of amides is 1. The zero-order valence-electron chi connectivity index (χ0n) is 11.4. The van der Waals surface area contributed by atoms with Crippen molar-refractivity contribution in [3.63, 3.8) is 0 Å². The Hall–Kier alpha value is -2.10. The van der Waals surface area contributed by atoms with E-state index in [1.165, 1.54) is 0 Å². The van der Waals surface area contributed by atoms with Crippen LogP contribution in [0.15, 0.2) is 29.8 Å². The summed E-state index contributed by atoms with van der Waals surface area (Å²) in [7, 11) is 0. The van der Waals surface area contributed by atoms with E-state index in [9.17, 15) is 14.7 Å². The van der Waals surface area contributed by atoms with Gasteiger partial charge < -0.3 is 10.0 Å². The molecule has 0 radical (unpaired) electrons. The predicted molar refractivity (Wildman–Crippen MR) is 74.2 cm³/mol. The largest absolute Gasteiger partial charge is 0.508 e. The lowest BCUT2D eigenvalue weighted by Crippen LogP contribution is -2.24. The monoisotopic (exact) mass is 271 g/mol. The van der Waals surface area contributed by atoms with E-state index in [2.05, 4.69) is 0 Å². The number of phenolic OH excluding ortho intramolecular Hbond substituents is 1. The van der Waals surface area contributed by atoms with Crippen molar-refractivity contribution >= 4 is 12.2 Å². The fourth-order valence-electron chi connectivity index (χ4n) is 3.27. The summed E-state index contributed by atoms with van der Waals surface area (Å²) in [6, 6.07) is 5.48. The summed E-state index contributed by atoms with van der Waals surface area (Å²) < 4.78 is 0. The van der Waals surface area contributed by atoms with Crippen molar-refractivity contribution in [2.75, 3.05) is 6.54 Å². The minimum absolute atomic E-state index is 0.0710. The van der Waals surface area contributed by atoms with Crippen molar-refractivity contribution in [2.45, 2.75) is 25.8 Å². The summed E-state index contributed by atoms with van der Waals surface area (Å²) in [6.45, 7) is 2.36. The van der Waals surface area contributed by atoms with Gasteiger partial charge in [-0.3, -0.25) is 9.59 Å². The number of carbonyl (C=O) groups excluding carboxylic acids is 2. The number of hydrogen-bond donors (Lipinski definition) is 1. The Morgan fingerprint density at radius 3 is 2.90 bits per heavy atom. The zero-order valence-corrected chi connectivity index (χ0v) is 11.4. The van der Waals surface area contributed by atoms with Crippen molar-refractivity contribution in [1.82, 2.24) is 4.90 Å². The Kier molecular flexibility index (Phi) is 3.08. The molecule has 1 aromatic carbocycles. The first-order valence-corrected chi connectivity index (χ1v) is 6.84. The number of aryl methyl sites for hydroxylation is 1. The lowest BCUT2D eigenvalue weighted by atomic mass is 9.82. The van der Waals surface area contributed by atoms with Gasteiger partial charge in [0.25, 0.3) is 0 Å². The van der Waals surface area contributed by atoms with Gasteiger partial charge in [0.15, 0.2) is 5.78 Å². The predicted octanol–water partition coefficient (Wildman–Crippen LogP) is 2.12. The summed E-state index contributed by atoms with van der Waals surface area (Å²) in [4.78, 5) is 24.6. The average molecular weight is 271 g/mol. The van der Waals surface area contributed by atoms with Crippen molar-refractivity contribution in [3.05, 3.63) is 41.0 Å². The minimum atomic E-state index is -0.0710. The molecule has 4 nitrogen and oxygen atoms in total. The molecule has 1 fully saturated rings. The van der Waals surface area contributed by atoms with E-state index in [4.69, 9.17) is 0 Å². The van der Waals surface area contributed by atoms with Crippen LogP contribution in [0.2, 0.25) is 0 Å². The third-order valence-electron chi connectivity index (χ3n) is 4.34. The number of likely N-dealkylation sites (tertiary alicyclic amines) is 1. The molecule has 3 rings (SSSR count). The van der Waals surface area contributed by atoms with E-state index in [1.807, 2.05) is 19.1 Å². The number of phenols is 1. The van der Waals surface area contributed by atoms with Crippen LogP contribution in [0.4, 0.5) is 0 Å². The number of nitrogens with zero attached hydrogens (tertiary/aromatic N) is 1. The third kappa shape index (κ3) is 2.01. The van der Waals surface area contributed by atoms with Gasteiger partial charge in [-0.1, -0.05) is 12.1 Å². The second-order valence-corrected chi connectivity index (χ2v) is 5.60. The smallest absolute Gasteiger partial charge is 0.210 e. The highest BCUT2D eigenvalue weighted by Gasteiger charge is 2.40. The molecule has 0 aromatic heterocycles. The molecule has 4 heteroatoms. The molecule has 0 spiro atoms. The summed E-state index contributed by atoms with van der Waals surface area (Å²) in [5.41, 5.74) is 2.79. The molecular formula is C16H17NO3. The van der Waals surface area contributed by atoms with Gasteiger partial charge >= 0.3 is 0 Å². The molecule has 0 unspecified atom stereocenters. The normalized spacial score (nSPS) is 25.4. The summed E-state index contributed by atoms with van der Waals surface area (Å²) in [6.07, 6.45) is 3.84. The van der Waals surface area contributed by atoms with E-state index in [1.54, 1.807) is 17.0 Å². The van der Waals surface area contributed by atoms with Crippen LogP contribution in [0.25, 0.3) is 0 Å². The van der Waals surface area contributed by atoms with Crippen molar-refractivity contribution < 1.29 is 14.7 Å². The highest BCUT2D eigenvalue weighted by atomic mass is 16.3. The zero-order chi connectivity index (χ0) is 14.3. The van der Waals surface area contributed by atoms with Crippen molar-refractivity contribution in [1.29, 1.82) is 0 Å². The molecule has 20 heavy (non-hydrogen) atoms. The molecule has 0 saturated carbocycles. The van der Waals surface area contributed by atoms with E-state index < -0.39 is 0 Å². The van der Waals surface area contributed by atoms with E-state index in [0.29, 0.717) is 13.0 Å². The quantitative estimate of drug-likeness (QED) is 0.838. The molecule has 1 saturated heterocycles. The van der Waals surface area contributed by atoms with E-state index >= 15 is 0 Å². The lowest BCUT2D eigenvalue weighted by Gasteiger charge is -2.26. The number of rotatable bonds is 2. The average Bonchev–Trinajstić information content (AvgIpc) is 2.79. The number of ketones is 1. The molecule has 1 aliphatic heterocycles. The van der Waals surface area contributed by atoms with Gasteiger partial charge in [-0.2, -0.15) is 0 Å². The van der Waals surface area contributed by atoms with E-state index in [-0.39, 0.29) is 23.5 Å². The molecule has 2 aliphatic rings. The standard InChI is InChI=1S/C16H17NO3/c1-10-2-3-11(7-15(10)20)16-14-5-4-13(19)6-12(14)8-17(16)9-18/h2-3,6-7,9,14,16,20H,4-5,8H2,1H3/t14-,16+/m0/s1. The Bertz CT molecular complexity index is 606. The second-order valence-electron chi connectivity index (χ2n) is 5.60. The van der Waals surface area contributed by atoms with Crippen LogP contribution >= 0.6 is 0 Å². The van der Waals surface area contributed by atoms with Crippen molar-refractivity contribution in [2.24, 2.45) is 5.92 Å². The fraction of sp³-hybridized carbons (Fsp3) is 0.375. The topological polar surface area (TPSA) is 57.6 Å². The Morgan fingerprint density at radius 2 is 2.20 bits per heavy atom. The highest BCUT2D eigenvalue weighted by Crippen LogP contribution is 2.44. The molecule has 2 atom stereocenters. The summed E-state index contributed by atoms with van der Waals surface area (Å²) >= 11 is 0. The molecule has 1 N–H and O–H groups in total. The Morgan fingerprint density at radius 1 is 1.40 bits per heavy atom. The van der Waals surface area contributed by atoms with Gasteiger partial charge in [0.1, 0.15) is 5.75 Å². The molecule has 104 valence electrons. The second kappa shape index (κ2) is 4.78. The maximum atomic E-state index is 11.5. The van der Waals surface area contributed by atoms with Gasteiger partial charge in [-0.15, -0.1) is 0 Å². The molecule has 1 aliphatic carbocycles. The lowest BCUT2D eigenvalue weighted by molar-refractivity contribution is -0.119. The van der Waals surface area contributed by atoms with Crippen LogP contribution in [-0.4, -0.2) is 28.7 Å². The maximum Gasteiger partial charge on any atom is 0.210 e. The highest BCUT2D eigenvalue weighted by molar-refractivity contribution is 5.91. The fourth-order valence-corrected chi connectivity index (χ4v) is 3.27. The van der Waals surface area contributed by atoms with Crippen LogP contribution in [0.3, 0.4) is 0 Å². The number of aromatic hydroxyl groups is 1. The first-order valence-electron chi connectivity index (χ1n) is 6.84. The molecular weight excluding hydrogens is 254 g/mol. The van der Waals surface area contributed by atoms with Gasteiger partial charge in [-0.25, -0.2) is 0 Å². The Balaban J connectivity index is 2.01. The number of benzene rings is 1. The molecule has 1 heterocycles. The minimum Gasteiger partial charge on any atom is -0.508 e. The van der Waals surface area contributed by atoms with Crippen LogP contribution in [0.5, 0.6) is 5.75 Å². The maximum absolute atomic E-state index is 11.5. The van der Waals surface area contributed by atoms with Gasteiger partial charge in [0.2, 0.25) is 6.41 Å². The third-order valence-corrected chi connectivity index (χ3v) is 4.34. The summed E-state index contributed by atoms with van der Waals surface area (Å²) in [5.74, 6) is 0.590. The van der Waals surface area contributed by atoms with Crippen LogP contribution in [0, 0.1) is 12.8 Å². The molecule has 1 amide bonds. The van der Waals surface area contributed by atoms with Crippen LogP contribution < -0.4 is 0 Å². The number of hydrogen-bond acceptors (Lipinski definition) is 3. The van der Waals surface area contributed by atoms with E-state index in [0.717, 1.165) is 29.5 Å². The first kappa shape index (κ1) is 12.9. The molecule has 0 bridgehead atoms. The van der Waals surface area contributed by atoms with Crippen LogP contribution in [0.1, 0.15) is 30.0 Å². The van der Waals surface area contributed by atoms with Gasteiger partial charge in [0, 0.05) is 18.9 Å². The summed E-state index contributed by atoms with van der Waals surface area (Å²) in [5, 5.41) is 9.88. The SMILES string of the molecule is Cc1ccc([C@@H]2[C@H]3CCC(=O)C=C3CN2C=O)cc1O. The van der Waals surface area contributed by atoms with Gasteiger partial charge in [-0.05, 0) is 42.2 Å². The van der Waals surface area contributed by atoms with Crippen molar-refractivity contribution in [3.8, 4) is 5.75 Å². The number of carbonyl (C=O) groups is 2. The number of allylic oxidation sites excluding steroid dienone is 1. The Labute approximate surface area is 117 Å².